The van der Waals surface area contributed by atoms with E-state index in [1.54, 1.807) is 0 Å². The minimum absolute atomic E-state index is 0.305. The first-order valence-electron chi connectivity index (χ1n) is 8.06. The van der Waals surface area contributed by atoms with Gasteiger partial charge in [0.25, 0.3) is 0 Å². The molecule has 0 spiro atoms. The largest absolute Gasteiger partial charge is 0.388 e. The van der Waals surface area contributed by atoms with E-state index in [9.17, 15) is 14.6 Å². The normalized spacial score (nSPS) is 34.9. The van der Waals surface area contributed by atoms with E-state index in [1.165, 1.54) is 11.8 Å². The number of rotatable bonds is 7. The van der Waals surface area contributed by atoms with Gasteiger partial charge in [-0.1, -0.05) is 11.8 Å². The van der Waals surface area contributed by atoms with Crippen LogP contribution in [0.3, 0.4) is 0 Å². The average molecular weight is 350 g/mol. The summed E-state index contributed by atoms with van der Waals surface area (Å²) in [4.78, 5) is 6.29. The smallest absolute Gasteiger partial charge is 0.161 e. The number of aliphatic imine (C=N–C) groups is 1. The SMILES string of the molecule is C[C@H](OCCCCCF)[C@H]1O[C@@H]2SC(N(C)C)=N[C@@H]2[C@@H](O)[C@@H]1O. The molecule has 0 amide bonds. The molecule has 134 valence electrons. The zero-order valence-electron chi connectivity index (χ0n) is 13.9. The molecule has 2 aliphatic rings. The Kier molecular flexibility index (Phi) is 7.09. The number of unbranched alkanes of at least 4 members (excludes halogenated alkanes) is 2. The molecule has 2 N–H and O–H groups in total. The molecule has 0 aromatic carbocycles. The Labute approximate surface area is 141 Å². The van der Waals surface area contributed by atoms with Crippen molar-refractivity contribution < 1.29 is 24.1 Å². The summed E-state index contributed by atoms with van der Waals surface area (Å²) in [6, 6.07) is -0.458. The third-order valence-corrected chi connectivity index (χ3v) is 5.40. The van der Waals surface area contributed by atoms with Gasteiger partial charge in [-0.15, -0.1) is 0 Å². The van der Waals surface area contributed by atoms with E-state index in [0.29, 0.717) is 13.0 Å². The fourth-order valence-corrected chi connectivity index (χ4v) is 3.86. The summed E-state index contributed by atoms with van der Waals surface area (Å²) >= 11 is 1.45. The van der Waals surface area contributed by atoms with Crippen LogP contribution >= 0.6 is 11.8 Å². The van der Waals surface area contributed by atoms with Crippen molar-refractivity contribution in [1.82, 2.24) is 4.90 Å². The lowest BCUT2D eigenvalue weighted by atomic mass is 9.95. The number of fused-ring (bicyclic) bond motifs is 1. The molecule has 6 atom stereocenters. The predicted molar refractivity (Wildman–Crippen MR) is 88.4 cm³/mol. The Bertz CT molecular complexity index is 413. The molecule has 23 heavy (non-hydrogen) atoms. The summed E-state index contributed by atoms with van der Waals surface area (Å²) in [6.07, 6.45) is -0.866. The Morgan fingerprint density at radius 3 is 2.70 bits per heavy atom. The van der Waals surface area contributed by atoms with Gasteiger partial charge in [-0.25, -0.2) is 0 Å². The predicted octanol–water partition coefficient (Wildman–Crippen LogP) is 1.01. The van der Waals surface area contributed by atoms with Crippen molar-refractivity contribution in [2.75, 3.05) is 27.4 Å². The topological polar surface area (TPSA) is 74.5 Å². The van der Waals surface area contributed by atoms with Crippen LogP contribution in [0.1, 0.15) is 26.2 Å². The van der Waals surface area contributed by atoms with Gasteiger partial charge in [0, 0.05) is 20.7 Å². The molecule has 1 fully saturated rings. The van der Waals surface area contributed by atoms with Crippen LogP contribution in [-0.4, -0.2) is 83.6 Å². The van der Waals surface area contributed by atoms with E-state index in [4.69, 9.17) is 9.47 Å². The molecule has 0 saturated carbocycles. The fourth-order valence-electron chi connectivity index (χ4n) is 2.72. The maximum absolute atomic E-state index is 12.0. The van der Waals surface area contributed by atoms with E-state index >= 15 is 0 Å². The maximum Gasteiger partial charge on any atom is 0.161 e. The first-order chi connectivity index (χ1) is 11.0. The van der Waals surface area contributed by atoms with Crippen LogP contribution in [-0.2, 0) is 9.47 Å². The van der Waals surface area contributed by atoms with Gasteiger partial charge in [-0.05, 0) is 26.2 Å². The second-order valence-electron chi connectivity index (χ2n) is 6.19. The molecule has 0 aliphatic carbocycles. The molecule has 0 bridgehead atoms. The molecule has 2 heterocycles. The number of aliphatic hydroxyl groups excluding tert-OH is 2. The molecule has 0 unspecified atom stereocenters. The second kappa shape index (κ2) is 8.62. The third-order valence-electron chi connectivity index (χ3n) is 4.09. The van der Waals surface area contributed by atoms with Crippen LogP contribution in [0.4, 0.5) is 4.39 Å². The molecule has 2 rings (SSSR count). The van der Waals surface area contributed by atoms with Gasteiger partial charge < -0.3 is 24.6 Å². The van der Waals surface area contributed by atoms with Crippen molar-refractivity contribution in [2.45, 2.75) is 62.1 Å². The van der Waals surface area contributed by atoms with E-state index in [0.717, 1.165) is 18.0 Å². The zero-order chi connectivity index (χ0) is 17.0. The zero-order valence-corrected chi connectivity index (χ0v) is 14.7. The summed E-state index contributed by atoms with van der Waals surface area (Å²) in [5.74, 6) is 0. The van der Waals surface area contributed by atoms with E-state index in [-0.39, 0.29) is 18.2 Å². The number of alkyl halides is 1. The summed E-state index contributed by atoms with van der Waals surface area (Å²) in [6.45, 7) is 2.01. The highest BCUT2D eigenvalue weighted by molar-refractivity contribution is 8.14. The highest BCUT2D eigenvalue weighted by Crippen LogP contribution is 2.38. The Morgan fingerprint density at radius 2 is 2.04 bits per heavy atom. The number of aliphatic hydroxyl groups is 2. The van der Waals surface area contributed by atoms with Crippen LogP contribution in [0.15, 0.2) is 4.99 Å². The number of hydrogen-bond acceptors (Lipinski definition) is 7. The summed E-state index contributed by atoms with van der Waals surface area (Å²) in [7, 11) is 3.76. The van der Waals surface area contributed by atoms with Gasteiger partial charge in [0.15, 0.2) is 5.17 Å². The Hall–Kier alpha value is -0.410. The number of nitrogens with zero attached hydrogens (tertiary/aromatic N) is 2. The lowest BCUT2D eigenvalue weighted by Gasteiger charge is -2.40. The van der Waals surface area contributed by atoms with Crippen molar-refractivity contribution in [3.8, 4) is 0 Å². The summed E-state index contributed by atoms with van der Waals surface area (Å²) in [5.41, 5.74) is -0.312. The number of halogens is 1. The van der Waals surface area contributed by atoms with Crippen LogP contribution < -0.4 is 0 Å². The van der Waals surface area contributed by atoms with Crippen molar-refractivity contribution in [1.29, 1.82) is 0 Å². The number of thioether (sulfide) groups is 1. The third kappa shape index (κ3) is 4.57. The molecule has 8 heteroatoms. The van der Waals surface area contributed by atoms with Gasteiger partial charge >= 0.3 is 0 Å². The minimum Gasteiger partial charge on any atom is -0.388 e. The minimum atomic E-state index is -1.04. The van der Waals surface area contributed by atoms with Crippen LogP contribution in [0.25, 0.3) is 0 Å². The van der Waals surface area contributed by atoms with Gasteiger partial charge in [-0.2, -0.15) is 0 Å². The van der Waals surface area contributed by atoms with Gasteiger partial charge in [0.1, 0.15) is 29.8 Å². The van der Waals surface area contributed by atoms with E-state index < -0.39 is 24.4 Å². The standard InChI is InChI=1S/C15H27FN2O4S/c1-9(21-8-6-4-5-7-16)13-12(20)11(19)10-14(22-13)23-15(17-10)18(2)3/h9-14,19-20H,4-8H2,1-3H3/t9-,10+,11+,12-,13+,14+/m0/s1. The summed E-state index contributed by atoms with van der Waals surface area (Å²) in [5, 5.41) is 21.4. The molecule has 1 saturated heterocycles. The lowest BCUT2D eigenvalue weighted by molar-refractivity contribution is -0.191. The molecule has 2 aliphatic heterocycles. The molecular formula is C15H27FN2O4S. The molecule has 6 nitrogen and oxygen atoms in total. The van der Waals surface area contributed by atoms with Crippen LogP contribution in [0, 0.1) is 0 Å². The van der Waals surface area contributed by atoms with Crippen molar-refractivity contribution in [3.05, 3.63) is 0 Å². The van der Waals surface area contributed by atoms with E-state index in [2.05, 4.69) is 4.99 Å². The van der Waals surface area contributed by atoms with Crippen LogP contribution in [0.2, 0.25) is 0 Å². The van der Waals surface area contributed by atoms with Crippen LogP contribution in [0.5, 0.6) is 0 Å². The first-order valence-corrected chi connectivity index (χ1v) is 8.94. The number of ether oxygens (including phenoxy) is 2. The number of amidine groups is 1. The van der Waals surface area contributed by atoms with E-state index in [1.807, 2.05) is 25.9 Å². The van der Waals surface area contributed by atoms with Gasteiger partial charge in [-0.3, -0.25) is 9.38 Å². The maximum atomic E-state index is 12.0. The Morgan fingerprint density at radius 1 is 1.30 bits per heavy atom. The van der Waals surface area contributed by atoms with Crippen molar-refractivity contribution >= 4 is 16.9 Å². The quantitative estimate of drug-likeness (QED) is 0.668. The molecule has 0 aromatic rings. The average Bonchev–Trinajstić information content (AvgIpc) is 2.95. The van der Waals surface area contributed by atoms with Crippen molar-refractivity contribution in [2.24, 2.45) is 4.99 Å². The fraction of sp³-hybridized carbons (Fsp3) is 0.933. The Balaban J connectivity index is 1.87. The molecule has 0 radical (unpaired) electrons. The molecule has 0 aromatic heterocycles. The first kappa shape index (κ1) is 18.9. The molecular weight excluding hydrogens is 323 g/mol. The number of hydrogen-bond donors (Lipinski definition) is 2. The highest BCUT2D eigenvalue weighted by Gasteiger charge is 2.50. The lowest BCUT2D eigenvalue weighted by Crippen LogP contribution is -2.58. The second-order valence-corrected chi connectivity index (χ2v) is 7.26. The summed E-state index contributed by atoms with van der Waals surface area (Å²) < 4.78 is 23.7. The van der Waals surface area contributed by atoms with Gasteiger partial charge in [0.2, 0.25) is 0 Å². The van der Waals surface area contributed by atoms with Crippen molar-refractivity contribution in [3.63, 3.8) is 0 Å². The van der Waals surface area contributed by atoms with Gasteiger partial charge in [0.05, 0.1) is 12.8 Å². The highest BCUT2D eigenvalue weighted by atomic mass is 32.2. The monoisotopic (exact) mass is 350 g/mol.